The molecule has 12 heavy (non-hydrogen) atoms. The standard InChI is InChI=1S/C12H20/c1-3-5-7-9-11-12-10-8-6-4-2/h3,5,7-10H,4,6,11-12H2,1-2H3/b5-3+,9-7+,10-8+. The topological polar surface area (TPSA) is 0 Å². The van der Waals surface area contributed by atoms with Gasteiger partial charge in [0, 0.05) is 0 Å². The molecule has 0 aromatic heterocycles. The molecule has 0 aliphatic rings. The SMILES string of the molecule is C/C=C/C=C/CC/C=C/CCC. The van der Waals surface area contributed by atoms with E-state index >= 15 is 0 Å². The molecule has 0 fully saturated rings. The minimum absolute atomic E-state index is 1.16. The third kappa shape index (κ3) is 9.22. The molecule has 0 unspecified atom stereocenters. The van der Waals surface area contributed by atoms with Crippen molar-refractivity contribution in [2.24, 2.45) is 0 Å². The molecule has 0 saturated heterocycles. The van der Waals surface area contributed by atoms with Crippen LogP contribution in [0.3, 0.4) is 0 Å². The minimum Gasteiger partial charge on any atom is -0.0885 e. The van der Waals surface area contributed by atoms with Crippen molar-refractivity contribution < 1.29 is 0 Å². The lowest BCUT2D eigenvalue weighted by Crippen LogP contribution is -1.65. The predicted molar refractivity (Wildman–Crippen MR) is 57.2 cm³/mol. The maximum atomic E-state index is 2.27. The van der Waals surface area contributed by atoms with E-state index in [1.165, 1.54) is 19.3 Å². The third-order valence-corrected chi connectivity index (χ3v) is 1.56. The van der Waals surface area contributed by atoms with Gasteiger partial charge in [-0.15, -0.1) is 0 Å². The van der Waals surface area contributed by atoms with Crippen LogP contribution in [0.15, 0.2) is 36.5 Å². The molecular weight excluding hydrogens is 144 g/mol. The second-order valence-electron chi connectivity index (χ2n) is 2.79. The molecule has 0 rings (SSSR count). The molecule has 0 aliphatic carbocycles. The smallest absolute Gasteiger partial charge is 0.0313 e. The van der Waals surface area contributed by atoms with Gasteiger partial charge in [-0.3, -0.25) is 0 Å². The van der Waals surface area contributed by atoms with Gasteiger partial charge in [-0.1, -0.05) is 49.8 Å². The Labute approximate surface area is 76.7 Å². The summed E-state index contributed by atoms with van der Waals surface area (Å²) in [5, 5.41) is 0. The Balaban J connectivity index is 3.20. The fraction of sp³-hybridized carbons (Fsp3) is 0.500. The van der Waals surface area contributed by atoms with Gasteiger partial charge in [0.05, 0.1) is 0 Å². The van der Waals surface area contributed by atoms with Crippen molar-refractivity contribution in [3.05, 3.63) is 36.5 Å². The van der Waals surface area contributed by atoms with Crippen LogP contribution in [0.5, 0.6) is 0 Å². The summed E-state index contributed by atoms with van der Waals surface area (Å²) in [6.45, 7) is 4.24. The highest BCUT2D eigenvalue weighted by Crippen LogP contribution is 1.96. The van der Waals surface area contributed by atoms with Gasteiger partial charge < -0.3 is 0 Å². The molecule has 0 heterocycles. The van der Waals surface area contributed by atoms with Crippen LogP contribution in [0, 0.1) is 0 Å². The lowest BCUT2D eigenvalue weighted by atomic mass is 10.2. The zero-order valence-corrected chi connectivity index (χ0v) is 8.29. The maximum absolute atomic E-state index is 2.27. The Bertz CT molecular complexity index is 149. The summed E-state index contributed by atoms with van der Waals surface area (Å²) < 4.78 is 0. The van der Waals surface area contributed by atoms with Crippen molar-refractivity contribution in [2.45, 2.75) is 39.5 Å². The van der Waals surface area contributed by atoms with Gasteiger partial charge in [-0.2, -0.15) is 0 Å². The monoisotopic (exact) mass is 164 g/mol. The molecular formula is C12H20. The average Bonchev–Trinajstić information content (AvgIpc) is 2.10. The van der Waals surface area contributed by atoms with Gasteiger partial charge >= 0.3 is 0 Å². The molecule has 0 spiro atoms. The fourth-order valence-electron chi connectivity index (χ4n) is 0.881. The van der Waals surface area contributed by atoms with E-state index in [-0.39, 0.29) is 0 Å². The van der Waals surface area contributed by atoms with E-state index in [1.54, 1.807) is 0 Å². The number of allylic oxidation sites excluding steroid dienone is 6. The molecule has 68 valence electrons. The largest absolute Gasteiger partial charge is 0.0885 e. The van der Waals surface area contributed by atoms with E-state index in [0.29, 0.717) is 0 Å². The molecule has 0 saturated carbocycles. The number of rotatable bonds is 6. The number of unbranched alkanes of at least 4 members (excludes halogenated alkanes) is 2. The van der Waals surface area contributed by atoms with Gasteiger partial charge in [0.2, 0.25) is 0 Å². The van der Waals surface area contributed by atoms with Crippen LogP contribution in [0.2, 0.25) is 0 Å². The van der Waals surface area contributed by atoms with E-state index in [4.69, 9.17) is 0 Å². The third-order valence-electron chi connectivity index (χ3n) is 1.56. The first kappa shape index (κ1) is 11.2. The molecule has 0 amide bonds. The van der Waals surface area contributed by atoms with Crippen molar-refractivity contribution in [1.29, 1.82) is 0 Å². The second kappa shape index (κ2) is 10.2. The lowest BCUT2D eigenvalue weighted by Gasteiger charge is -1.86. The Hall–Kier alpha value is -0.780. The summed E-state index contributed by atoms with van der Waals surface area (Å²) in [7, 11) is 0. The molecule has 0 N–H and O–H groups in total. The molecule has 0 radical (unpaired) electrons. The Morgan fingerprint density at radius 3 is 2.17 bits per heavy atom. The van der Waals surface area contributed by atoms with Gasteiger partial charge in [0.25, 0.3) is 0 Å². The number of hydrogen-bond acceptors (Lipinski definition) is 0. The fourth-order valence-corrected chi connectivity index (χ4v) is 0.881. The second-order valence-corrected chi connectivity index (χ2v) is 2.79. The maximum Gasteiger partial charge on any atom is -0.0313 e. The van der Waals surface area contributed by atoms with E-state index < -0.39 is 0 Å². The summed E-state index contributed by atoms with van der Waals surface area (Å²) in [5.74, 6) is 0. The van der Waals surface area contributed by atoms with Crippen molar-refractivity contribution in [1.82, 2.24) is 0 Å². The van der Waals surface area contributed by atoms with Crippen LogP contribution in [0.1, 0.15) is 39.5 Å². The van der Waals surface area contributed by atoms with Crippen LogP contribution in [-0.4, -0.2) is 0 Å². The highest BCUT2D eigenvalue weighted by molar-refractivity contribution is 5.01. The molecule has 0 heteroatoms. The first-order chi connectivity index (χ1) is 5.91. The number of hydrogen-bond donors (Lipinski definition) is 0. The van der Waals surface area contributed by atoms with Crippen molar-refractivity contribution >= 4 is 0 Å². The molecule has 0 aromatic rings. The molecule has 0 bridgehead atoms. The summed E-state index contributed by atoms with van der Waals surface area (Å²) in [6, 6.07) is 0. The van der Waals surface area contributed by atoms with Crippen molar-refractivity contribution in [3.8, 4) is 0 Å². The zero-order chi connectivity index (χ0) is 9.07. The van der Waals surface area contributed by atoms with Crippen LogP contribution in [-0.2, 0) is 0 Å². The van der Waals surface area contributed by atoms with E-state index in [0.717, 1.165) is 6.42 Å². The van der Waals surface area contributed by atoms with E-state index in [9.17, 15) is 0 Å². The van der Waals surface area contributed by atoms with Crippen LogP contribution in [0.4, 0.5) is 0 Å². The molecule has 0 aliphatic heterocycles. The van der Waals surface area contributed by atoms with Crippen LogP contribution < -0.4 is 0 Å². The Morgan fingerprint density at radius 2 is 1.50 bits per heavy atom. The first-order valence-electron chi connectivity index (χ1n) is 4.84. The average molecular weight is 164 g/mol. The predicted octanol–water partition coefficient (Wildman–Crippen LogP) is 4.26. The molecule has 0 nitrogen and oxygen atoms in total. The van der Waals surface area contributed by atoms with Crippen LogP contribution >= 0.6 is 0 Å². The van der Waals surface area contributed by atoms with Gasteiger partial charge in [-0.25, -0.2) is 0 Å². The van der Waals surface area contributed by atoms with Gasteiger partial charge in [0.1, 0.15) is 0 Å². The van der Waals surface area contributed by atoms with Gasteiger partial charge in [0.15, 0.2) is 0 Å². The lowest BCUT2D eigenvalue weighted by molar-refractivity contribution is 0.943. The molecule has 0 aromatic carbocycles. The van der Waals surface area contributed by atoms with Crippen LogP contribution in [0.25, 0.3) is 0 Å². The highest BCUT2D eigenvalue weighted by atomic mass is 13.8. The Kier molecular flexibility index (Phi) is 9.56. The summed E-state index contributed by atoms with van der Waals surface area (Å²) >= 11 is 0. The van der Waals surface area contributed by atoms with Crippen molar-refractivity contribution in [3.63, 3.8) is 0 Å². The first-order valence-corrected chi connectivity index (χ1v) is 4.84. The molecule has 0 atom stereocenters. The summed E-state index contributed by atoms with van der Waals surface area (Å²) in [4.78, 5) is 0. The van der Waals surface area contributed by atoms with E-state index in [2.05, 4.69) is 37.3 Å². The van der Waals surface area contributed by atoms with E-state index in [1.807, 2.05) is 13.0 Å². The summed E-state index contributed by atoms with van der Waals surface area (Å²) in [5.41, 5.74) is 0. The Morgan fingerprint density at radius 1 is 0.833 bits per heavy atom. The van der Waals surface area contributed by atoms with Gasteiger partial charge in [-0.05, 0) is 26.2 Å². The highest BCUT2D eigenvalue weighted by Gasteiger charge is 1.75. The summed E-state index contributed by atoms with van der Waals surface area (Å²) in [6.07, 6.45) is 17.8. The normalized spacial score (nSPS) is 12.5. The quantitative estimate of drug-likeness (QED) is 0.313. The van der Waals surface area contributed by atoms with Crippen molar-refractivity contribution in [2.75, 3.05) is 0 Å². The minimum atomic E-state index is 1.16. The zero-order valence-electron chi connectivity index (χ0n) is 8.29.